The Balaban J connectivity index is 1.51. The fraction of sp³-hybridized carbons (Fsp3) is 0.125. The second-order valence-corrected chi connectivity index (χ2v) is 8.62. The first-order valence-electron chi connectivity index (χ1n) is 10.1. The number of benzene rings is 1. The summed E-state index contributed by atoms with van der Waals surface area (Å²) in [7, 11) is 0. The van der Waals surface area contributed by atoms with Crippen LogP contribution in [-0.2, 0) is 4.79 Å². The number of fused-ring (bicyclic) bond motifs is 1. The van der Waals surface area contributed by atoms with Crippen LogP contribution in [0.25, 0.3) is 11.8 Å². The molecule has 158 valence electrons. The molecule has 0 fully saturated rings. The van der Waals surface area contributed by atoms with Gasteiger partial charge in [0.25, 0.3) is 5.91 Å². The Labute approximate surface area is 189 Å². The maximum Gasteiger partial charge on any atom is 0.283 e. The molecule has 2 aromatic heterocycles. The van der Waals surface area contributed by atoms with Gasteiger partial charge in [0, 0.05) is 35.0 Å². The van der Waals surface area contributed by atoms with Crippen LogP contribution in [0.5, 0.6) is 0 Å². The maximum absolute atomic E-state index is 12.8. The average molecular weight is 441 g/mol. The minimum Gasteiger partial charge on any atom is -0.318 e. The summed E-state index contributed by atoms with van der Waals surface area (Å²) >= 11 is 1.26. The average Bonchev–Trinajstić information content (AvgIpc) is 3.33. The molecule has 0 unspecified atom stereocenters. The molecule has 0 saturated carbocycles. The summed E-state index contributed by atoms with van der Waals surface area (Å²) in [6.07, 6.45) is 5.13. The first kappa shape index (κ1) is 20.1. The van der Waals surface area contributed by atoms with E-state index in [4.69, 9.17) is 5.41 Å². The normalized spacial score (nSPS) is 17.0. The number of thioether (sulfide) groups is 1. The van der Waals surface area contributed by atoms with Gasteiger partial charge in [-0.15, -0.1) is 0 Å². The second kappa shape index (κ2) is 7.72. The lowest BCUT2D eigenvalue weighted by Crippen LogP contribution is -2.35. The van der Waals surface area contributed by atoms with Gasteiger partial charge in [-0.2, -0.15) is 15.1 Å². The van der Waals surface area contributed by atoms with Crippen molar-refractivity contribution < 1.29 is 4.79 Å². The number of aliphatic imine (C=N–C) groups is 1. The predicted molar refractivity (Wildman–Crippen MR) is 128 cm³/mol. The van der Waals surface area contributed by atoms with Gasteiger partial charge in [-0.3, -0.25) is 15.2 Å². The van der Waals surface area contributed by atoms with E-state index in [0.29, 0.717) is 10.2 Å². The summed E-state index contributed by atoms with van der Waals surface area (Å²) < 4.78 is 2.14. The van der Waals surface area contributed by atoms with Crippen molar-refractivity contribution >= 4 is 39.8 Å². The molecule has 0 saturated heterocycles. The van der Waals surface area contributed by atoms with Crippen LogP contribution in [0, 0.1) is 26.2 Å². The molecule has 0 aliphatic carbocycles. The molecule has 1 aromatic carbocycles. The van der Waals surface area contributed by atoms with E-state index >= 15 is 0 Å². The van der Waals surface area contributed by atoms with Crippen LogP contribution >= 0.6 is 11.8 Å². The standard InChI is InChI=1S/C24H20N6OS/c1-14-6-8-19(9-7-14)29-15(2)11-18(16(29)3)12-20-21(25)30-24(27-22(20)31)32-23(28-30)17-5-4-10-26-13-17/h4-13,25H,1-3H3. The van der Waals surface area contributed by atoms with E-state index < -0.39 is 5.91 Å². The van der Waals surface area contributed by atoms with Gasteiger partial charge >= 0.3 is 0 Å². The van der Waals surface area contributed by atoms with E-state index in [1.807, 2.05) is 32.0 Å². The van der Waals surface area contributed by atoms with Gasteiger partial charge in [-0.05, 0) is 74.5 Å². The highest BCUT2D eigenvalue weighted by atomic mass is 32.2. The van der Waals surface area contributed by atoms with Crippen molar-refractivity contribution in [3.05, 3.63) is 88.5 Å². The number of amidine groups is 2. The number of amides is 1. The van der Waals surface area contributed by atoms with Gasteiger partial charge in [0.05, 0.1) is 5.57 Å². The van der Waals surface area contributed by atoms with Crippen LogP contribution in [0.1, 0.15) is 28.1 Å². The molecule has 3 aromatic rings. The number of hydrazone groups is 1. The van der Waals surface area contributed by atoms with Crippen molar-refractivity contribution in [2.45, 2.75) is 20.8 Å². The minimum absolute atomic E-state index is 0.0199. The Bertz CT molecular complexity index is 1350. The third-order valence-corrected chi connectivity index (χ3v) is 6.38. The Morgan fingerprint density at radius 2 is 1.88 bits per heavy atom. The van der Waals surface area contributed by atoms with Gasteiger partial charge in [-0.1, -0.05) is 17.7 Å². The molecule has 2 aliphatic rings. The number of hydrogen-bond acceptors (Lipinski definition) is 5. The molecule has 0 radical (unpaired) electrons. The fourth-order valence-corrected chi connectivity index (χ4v) is 4.66. The highest BCUT2D eigenvalue weighted by Gasteiger charge is 2.36. The number of aryl methyl sites for hydroxylation is 2. The predicted octanol–water partition coefficient (Wildman–Crippen LogP) is 4.47. The highest BCUT2D eigenvalue weighted by molar-refractivity contribution is 8.27. The summed E-state index contributed by atoms with van der Waals surface area (Å²) in [5.74, 6) is -0.414. The summed E-state index contributed by atoms with van der Waals surface area (Å²) in [6.45, 7) is 6.10. The largest absolute Gasteiger partial charge is 0.318 e. The molecule has 1 N–H and O–H groups in total. The smallest absolute Gasteiger partial charge is 0.283 e. The first-order chi connectivity index (χ1) is 15.4. The van der Waals surface area contributed by atoms with Gasteiger partial charge in [0.1, 0.15) is 5.04 Å². The monoisotopic (exact) mass is 440 g/mol. The Kier molecular flexibility index (Phi) is 4.86. The van der Waals surface area contributed by atoms with E-state index in [9.17, 15) is 4.79 Å². The van der Waals surface area contributed by atoms with E-state index in [-0.39, 0.29) is 11.4 Å². The third kappa shape index (κ3) is 3.38. The van der Waals surface area contributed by atoms with Crippen molar-refractivity contribution in [3.63, 3.8) is 0 Å². The van der Waals surface area contributed by atoms with Crippen LogP contribution in [0.15, 0.2) is 70.5 Å². The number of hydrogen-bond donors (Lipinski definition) is 1. The molecule has 2 aliphatic heterocycles. The lowest BCUT2D eigenvalue weighted by atomic mass is 10.1. The summed E-state index contributed by atoms with van der Waals surface area (Å²) in [4.78, 5) is 21.1. The van der Waals surface area contributed by atoms with Gasteiger partial charge in [-0.25, -0.2) is 0 Å². The number of aromatic nitrogens is 2. The van der Waals surface area contributed by atoms with Crippen molar-refractivity contribution in [2.75, 3.05) is 0 Å². The highest BCUT2D eigenvalue weighted by Crippen LogP contribution is 2.31. The number of carbonyl (C=O) groups excluding carboxylic acids is 1. The van der Waals surface area contributed by atoms with E-state index in [2.05, 4.69) is 50.8 Å². The molecule has 32 heavy (non-hydrogen) atoms. The summed E-state index contributed by atoms with van der Waals surface area (Å²) in [5, 5.41) is 15.6. The van der Waals surface area contributed by atoms with Crippen LogP contribution in [-0.4, -0.2) is 36.5 Å². The van der Waals surface area contributed by atoms with Gasteiger partial charge in [0.15, 0.2) is 5.84 Å². The number of carbonyl (C=O) groups is 1. The van der Waals surface area contributed by atoms with E-state index in [1.165, 1.54) is 22.3 Å². The molecule has 4 heterocycles. The fourth-order valence-electron chi connectivity index (χ4n) is 3.78. The van der Waals surface area contributed by atoms with Crippen LogP contribution in [0.2, 0.25) is 0 Å². The zero-order valence-electron chi connectivity index (χ0n) is 17.8. The molecule has 1 amide bonds. The van der Waals surface area contributed by atoms with Gasteiger partial charge in [0.2, 0.25) is 5.17 Å². The maximum atomic E-state index is 12.8. The molecule has 0 atom stereocenters. The Hall–Kier alpha value is -3.78. The molecule has 0 spiro atoms. The second-order valence-electron chi connectivity index (χ2n) is 7.66. The van der Waals surface area contributed by atoms with Crippen LogP contribution < -0.4 is 0 Å². The Morgan fingerprint density at radius 1 is 1.09 bits per heavy atom. The molecule has 5 rings (SSSR count). The third-order valence-electron chi connectivity index (χ3n) is 5.43. The zero-order valence-corrected chi connectivity index (χ0v) is 18.6. The van der Waals surface area contributed by atoms with Crippen molar-refractivity contribution in [3.8, 4) is 5.69 Å². The molecule has 8 heteroatoms. The first-order valence-corrected chi connectivity index (χ1v) is 10.9. The Morgan fingerprint density at radius 3 is 2.59 bits per heavy atom. The number of rotatable bonds is 3. The minimum atomic E-state index is -0.434. The summed E-state index contributed by atoms with van der Waals surface area (Å²) in [6, 6.07) is 14.0. The lowest BCUT2D eigenvalue weighted by molar-refractivity contribution is -0.114. The van der Waals surface area contributed by atoms with Crippen LogP contribution in [0.4, 0.5) is 0 Å². The quantitative estimate of drug-likeness (QED) is 0.609. The SMILES string of the molecule is Cc1ccc(-n2c(C)cc(C=C3C(=N)N4N=C(c5cccnc5)SC4=NC3=O)c2C)cc1. The summed E-state index contributed by atoms with van der Waals surface area (Å²) in [5.41, 5.74) is 6.20. The number of nitrogens with zero attached hydrogens (tertiary/aromatic N) is 5. The van der Waals surface area contributed by atoms with Crippen LogP contribution in [0.3, 0.4) is 0 Å². The topological polar surface area (TPSA) is 86.7 Å². The van der Waals surface area contributed by atoms with Gasteiger partial charge < -0.3 is 4.57 Å². The molecule has 0 bridgehead atoms. The van der Waals surface area contributed by atoms with E-state index in [0.717, 1.165) is 28.2 Å². The zero-order chi connectivity index (χ0) is 22.4. The van der Waals surface area contributed by atoms with Crippen molar-refractivity contribution in [2.24, 2.45) is 10.1 Å². The van der Waals surface area contributed by atoms with E-state index in [1.54, 1.807) is 18.5 Å². The lowest BCUT2D eigenvalue weighted by Gasteiger charge is -2.20. The molecule has 7 nitrogen and oxygen atoms in total. The van der Waals surface area contributed by atoms with Crippen molar-refractivity contribution in [1.29, 1.82) is 5.41 Å². The van der Waals surface area contributed by atoms with Crippen molar-refractivity contribution in [1.82, 2.24) is 14.6 Å². The number of pyridine rings is 1. The molecular formula is C24H20N6OS. The molecular weight excluding hydrogens is 420 g/mol. The number of nitrogens with one attached hydrogen (secondary N) is 1.